The number of carboxylic acid groups (broad SMARTS) is 3. The zero-order valence-corrected chi connectivity index (χ0v) is 9.78. The fourth-order valence-corrected chi connectivity index (χ4v) is 1.90. The van der Waals surface area contributed by atoms with Crippen LogP contribution in [0.2, 0.25) is 0 Å². The Kier molecular flexibility index (Phi) is 6.65. The molecule has 3 atom stereocenters. The summed E-state index contributed by atoms with van der Waals surface area (Å²) >= 11 is 0. The molecule has 0 spiro atoms. The molecule has 0 aliphatic rings. The molecule has 0 aromatic carbocycles. The third-order valence-electron chi connectivity index (χ3n) is 2.18. The lowest BCUT2D eigenvalue weighted by Crippen LogP contribution is -2.22. The Labute approximate surface area is 94.9 Å². The Bertz CT molecular complexity index is 277. The monoisotopic (exact) mass is 250 g/mol. The molecule has 7 heteroatoms. The lowest BCUT2D eigenvalue weighted by molar-refractivity contribution is -0.141. The van der Waals surface area contributed by atoms with Crippen molar-refractivity contribution in [2.24, 2.45) is 5.92 Å². The first-order valence-electron chi connectivity index (χ1n) is 4.74. The van der Waals surface area contributed by atoms with Gasteiger partial charge in [0.05, 0.1) is 6.42 Å². The van der Waals surface area contributed by atoms with Crippen molar-refractivity contribution < 1.29 is 29.7 Å². The quantitative estimate of drug-likeness (QED) is 0.545. The molecule has 0 saturated carbocycles. The lowest BCUT2D eigenvalue weighted by Gasteiger charge is -2.19. The van der Waals surface area contributed by atoms with Crippen molar-refractivity contribution in [1.82, 2.24) is 0 Å². The maximum absolute atomic E-state index is 10.5. The highest BCUT2D eigenvalue weighted by Gasteiger charge is 2.23. The molecule has 0 fully saturated rings. The van der Waals surface area contributed by atoms with E-state index in [0.29, 0.717) is 0 Å². The average molecular weight is 250 g/mol. The molecule has 0 aromatic heterocycles. The molecule has 3 unspecified atom stereocenters. The van der Waals surface area contributed by atoms with Gasteiger partial charge >= 0.3 is 17.9 Å². The number of rotatable bonds is 8. The summed E-state index contributed by atoms with van der Waals surface area (Å²) < 4.78 is 0. The molecule has 0 aliphatic carbocycles. The zero-order valence-electron chi connectivity index (χ0n) is 8.63. The van der Waals surface area contributed by atoms with E-state index in [1.807, 2.05) is 0 Å². The predicted molar refractivity (Wildman–Crippen MR) is 58.4 cm³/mol. The van der Waals surface area contributed by atoms with Crippen LogP contribution in [0.1, 0.15) is 25.7 Å². The van der Waals surface area contributed by atoms with E-state index in [0.717, 1.165) is 0 Å². The molecule has 92 valence electrons. The predicted octanol–water partition coefficient (Wildman–Crippen LogP) is 0.661. The van der Waals surface area contributed by atoms with Crippen molar-refractivity contribution in [3.8, 4) is 0 Å². The van der Waals surface area contributed by atoms with Gasteiger partial charge in [0.2, 0.25) is 0 Å². The average Bonchev–Trinajstić information content (AvgIpc) is 2.09. The van der Waals surface area contributed by atoms with Crippen LogP contribution in [-0.2, 0) is 14.4 Å². The van der Waals surface area contributed by atoms with Crippen molar-refractivity contribution in [3.63, 3.8) is 0 Å². The van der Waals surface area contributed by atoms with E-state index in [9.17, 15) is 14.4 Å². The van der Waals surface area contributed by atoms with Gasteiger partial charge < -0.3 is 15.3 Å². The second kappa shape index (κ2) is 7.17. The van der Waals surface area contributed by atoms with Gasteiger partial charge in [0.1, 0.15) is 0 Å². The van der Waals surface area contributed by atoms with E-state index < -0.39 is 29.5 Å². The van der Waals surface area contributed by atoms with Crippen LogP contribution in [0.5, 0.6) is 0 Å². The van der Waals surface area contributed by atoms with Gasteiger partial charge in [-0.2, -0.15) is 0 Å². The van der Waals surface area contributed by atoms with Gasteiger partial charge in [0, 0.05) is 12.8 Å². The van der Waals surface area contributed by atoms with Crippen LogP contribution in [0.25, 0.3) is 0 Å². The molecule has 0 rings (SSSR count). The van der Waals surface area contributed by atoms with Crippen molar-refractivity contribution in [2.45, 2.75) is 31.3 Å². The Morgan fingerprint density at radius 2 is 1.44 bits per heavy atom. The SMILES string of the molecule is O=C(O)CCC(CC(=O)O)C(P)CC(=O)O. The first kappa shape index (κ1) is 14.8. The standard InChI is InChI=1S/C9H15O6P/c10-7(11)2-1-5(3-8(12)13)6(16)4-9(14)15/h5-6H,1-4,16H2,(H,10,11)(H,12,13)(H,14,15). The Morgan fingerprint density at radius 1 is 0.938 bits per heavy atom. The summed E-state index contributed by atoms with van der Waals surface area (Å²) in [6, 6.07) is 0. The van der Waals surface area contributed by atoms with Crippen LogP contribution in [-0.4, -0.2) is 38.9 Å². The summed E-state index contributed by atoms with van der Waals surface area (Å²) in [6.07, 6.45) is -0.373. The van der Waals surface area contributed by atoms with Crippen LogP contribution in [0, 0.1) is 5.92 Å². The number of carbonyl (C=O) groups is 3. The minimum Gasteiger partial charge on any atom is -0.481 e. The Balaban J connectivity index is 4.33. The second-order valence-corrected chi connectivity index (χ2v) is 4.41. The number of hydrogen-bond donors (Lipinski definition) is 3. The van der Waals surface area contributed by atoms with Gasteiger partial charge in [-0.15, -0.1) is 9.24 Å². The minimum atomic E-state index is -1.05. The van der Waals surface area contributed by atoms with Crippen LogP contribution < -0.4 is 0 Å². The van der Waals surface area contributed by atoms with Crippen molar-refractivity contribution in [1.29, 1.82) is 0 Å². The first-order valence-corrected chi connectivity index (χ1v) is 5.40. The van der Waals surface area contributed by atoms with E-state index in [2.05, 4.69) is 9.24 Å². The molecule has 0 radical (unpaired) electrons. The fourth-order valence-electron chi connectivity index (χ4n) is 1.37. The maximum Gasteiger partial charge on any atom is 0.303 e. The molecular formula is C9H15O6P. The molecular weight excluding hydrogens is 235 g/mol. The summed E-state index contributed by atoms with van der Waals surface area (Å²) in [5, 5.41) is 25.7. The number of aliphatic carboxylic acids is 3. The van der Waals surface area contributed by atoms with Gasteiger partial charge in [0.25, 0.3) is 0 Å². The van der Waals surface area contributed by atoms with E-state index >= 15 is 0 Å². The molecule has 0 saturated heterocycles. The zero-order chi connectivity index (χ0) is 12.7. The minimum absolute atomic E-state index is 0.150. The van der Waals surface area contributed by atoms with E-state index in [1.165, 1.54) is 0 Å². The van der Waals surface area contributed by atoms with Gasteiger partial charge in [-0.05, 0) is 18.0 Å². The maximum atomic E-state index is 10.5. The van der Waals surface area contributed by atoms with Crippen molar-refractivity contribution in [3.05, 3.63) is 0 Å². The van der Waals surface area contributed by atoms with Gasteiger partial charge in [-0.1, -0.05) is 0 Å². The highest BCUT2D eigenvalue weighted by Crippen LogP contribution is 2.25. The number of hydrogen-bond acceptors (Lipinski definition) is 3. The smallest absolute Gasteiger partial charge is 0.303 e. The van der Waals surface area contributed by atoms with Crippen LogP contribution >= 0.6 is 9.24 Å². The van der Waals surface area contributed by atoms with E-state index in [1.54, 1.807) is 0 Å². The molecule has 16 heavy (non-hydrogen) atoms. The van der Waals surface area contributed by atoms with Gasteiger partial charge in [0.15, 0.2) is 0 Å². The van der Waals surface area contributed by atoms with Crippen LogP contribution in [0.15, 0.2) is 0 Å². The lowest BCUT2D eigenvalue weighted by atomic mass is 9.93. The molecule has 0 amide bonds. The van der Waals surface area contributed by atoms with E-state index in [4.69, 9.17) is 15.3 Å². The van der Waals surface area contributed by atoms with Gasteiger partial charge in [-0.25, -0.2) is 0 Å². The molecule has 0 aliphatic heterocycles. The number of carboxylic acids is 3. The summed E-state index contributed by atoms with van der Waals surface area (Å²) in [6.45, 7) is 0. The molecule has 3 N–H and O–H groups in total. The molecule has 0 heterocycles. The largest absolute Gasteiger partial charge is 0.481 e. The van der Waals surface area contributed by atoms with Crippen molar-refractivity contribution >= 4 is 27.1 Å². The summed E-state index contributed by atoms with van der Waals surface area (Å²) in [5.41, 5.74) is -0.423. The highest BCUT2D eigenvalue weighted by molar-refractivity contribution is 7.17. The third kappa shape index (κ3) is 7.17. The molecule has 6 nitrogen and oxygen atoms in total. The second-order valence-electron chi connectivity index (χ2n) is 3.55. The van der Waals surface area contributed by atoms with E-state index in [-0.39, 0.29) is 25.7 Å². The summed E-state index contributed by atoms with van der Waals surface area (Å²) in [5.74, 6) is -3.53. The third-order valence-corrected chi connectivity index (χ3v) is 2.96. The normalized spacial score (nSPS) is 14.1. The Hall–Kier alpha value is -1.16. The van der Waals surface area contributed by atoms with Crippen molar-refractivity contribution in [2.75, 3.05) is 0 Å². The fraction of sp³-hybridized carbons (Fsp3) is 0.667. The van der Waals surface area contributed by atoms with Gasteiger partial charge in [-0.3, -0.25) is 14.4 Å². The topological polar surface area (TPSA) is 112 Å². The first-order chi connectivity index (χ1) is 7.32. The van der Waals surface area contributed by atoms with Crippen LogP contribution in [0.3, 0.4) is 0 Å². The molecule has 0 aromatic rings. The summed E-state index contributed by atoms with van der Waals surface area (Å²) in [7, 11) is 2.28. The van der Waals surface area contributed by atoms with Crippen LogP contribution in [0.4, 0.5) is 0 Å². The molecule has 0 bridgehead atoms. The summed E-state index contributed by atoms with van der Waals surface area (Å²) in [4.78, 5) is 31.4. The Morgan fingerprint density at radius 3 is 1.81 bits per heavy atom. The highest BCUT2D eigenvalue weighted by atomic mass is 31.0.